The predicted octanol–water partition coefficient (Wildman–Crippen LogP) is 2.08. The number of para-hydroxylation sites is 1. The van der Waals surface area contributed by atoms with Gasteiger partial charge in [0.1, 0.15) is 10.6 Å². The van der Waals surface area contributed by atoms with E-state index in [1.165, 1.54) is 0 Å². The summed E-state index contributed by atoms with van der Waals surface area (Å²) in [4.78, 5) is 15.1. The van der Waals surface area contributed by atoms with Crippen LogP contribution in [0.4, 0.5) is 0 Å². The third-order valence-electron chi connectivity index (χ3n) is 2.31. The van der Waals surface area contributed by atoms with Crippen LogP contribution in [0.1, 0.15) is 11.6 Å². The van der Waals surface area contributed by atoms with Crippen LogP contribution in [0.5, 0.6) is 0 Å². The largest absolute Gasteiger partial charge is 0.480 e. The van der Waals surface area contributed by atoms with Crippen molar-refractivity contribution in [2.24, 2.45) is 5.73 Å². The summed E-state index contributed by atoms with van der Waals surface area (Å²) in [6, 6.07) is 8.15. The standard InChI is InChI=1S/C11H9BrN2O2/c12-10-7(9(13)11(15)16)5-6-3-1-2-4-8(6)14-10/h1-5,9H,13H2,(H,15,16). The highest BCUT2D eigenvalue weighted by atomic mass is 79.9. The summed E-state index contributed by atoms with van der Waals surface area (Å²) in [5, 5.41) is 9.73. The average molecular weight is 281 g/mol. The first-order valence-corrected chi connectivity index (χ1v) is 5.42. The second-order valence-electron chi connectivity index (χ2n) is 3.38. The molecule has 3 N–H and O–H groups in total. The molecule has 1 aromatic carbocycles. The number of rotatable bonds is 2. The fraction of sp³-hybridized carbons (Fsp3) is 0.0909. The molecule has 4 nitrogen and oxygen atoms in total. The Morgan fingerprint density at radius 2 is 2.12 bits per heavy atom. The Labute approximate surface area is 100 Å². The molecule has 0 fully saturated rings. The highest BCUT2D eigenvalue weighted by Crippen LogP contribution is 2.24. The SMILES string of the molecule is NC(C(=O)O)c1cc2ccccc2nc1Br. The smallest absolute Gasteiger partial charge is 0.325 e. The molecule has 0 bridgehead atoms. The van der Waals surface area contributed by atoms with Gasteiger partial charge in [0, 0.05) is 10.9 Å². The van der Waals surface area contributed by atoms with Gasteiger partial charge >= 0.3 is 5.97 Å². The molecule has 0 spiro atoms. The minimum Gasteiger partial charge on any atom is -0.480 e. The normalized spacial score (nSPS) is 12.6. The van der Waals surface area contributed by atoms with E-state index in [-0.39, 0.29) is 0 Å². The maximum atomic E-state index is 10.8. The summed E-state index contributed by atoms with van der Waals surface area (Å²) in [6.45, 7) is 0. The van der Waals surface area contributed by atoms with Crippen LogP contribution in [-0.4, -0.2) is 16.1 Å². The number of hydrogen-bond acceptors (Lipinski definition) is 3. The number of fused-ring (bicyclic) bond motifs is 1. The molecule has 0 saturated heterocycles. The number of nitrogens with zero attached hydrogens (tertiary/aromatic N) is 1. The third kappa shape index (κ3) is 1.91. The zero-order valence-corrected chi connectivity index (χ0v) is 9.81. The first-order chi connectivity index (χ1) is 7.59. The number of carboxylic acids is 1. The van der Waals surface area contributed by atoms with Crippen LogP contribution in [0.2, 0.25) is 0 Å². The molecular formula is C11H9BrN2O2. The molecule has 5 heteroatoms. The summed E-state index contributed by atoms with van der Waals surface area (Å²) < 4.78 is 0.473. The number of pyridine rings is 1. The highest BCUT2D eigenvalue weighted by molar-refractivity contribution is 9.10. The average Bonchev–Trinajstić information content (AvgIpc) is 2.27. The van der Waals surface area contributed by atoms with Crippen LogP contribution in [0, 0.1) is 0 Å². The van der Waals surface area contributed by atoms with Gasteiger partial charge in [-0.15, -0.1) is 0 Å². The summed E-state index contributed by atoms with van der Waals surface area (Å²) >= 11 is 3.23. The number of carboxylic acid groups (broad SMARTS) is 1. The third-order valence-corrected chi connectivity index (χ3v) is 2.94. The lowest BCUT2D eigenvalue weighted by molar-refractivity contribution is -0.138. The van der Waals surface area contributed by atoms with Gasteiger partial charge in [-0.05, 0) is 28.1 Å². The molecule has 1 unspecified atom stereocenters. The number of aromatic nitrogens is 1. The zero-order valence-electron chi connectivity index (χ0n) is 8.22. The second kappa shape index (κ2) is 4.19. The van der Waals surface area contributed by atoms with Crippen LogP contribution in [0.25, 0.3) is 10.9 Å². The monoisotopic (exact) mass is 280 g/mol. The number of hydrogen-bond donors (Lipinski definition) is 2. The lowest BCUT2D eigenvalue weighted by atomic mass is 10.1. The van der Waals surface area contributed by atoms with E-state index in [1.807, 2.05) is 24.3 Å². The Kier molecular flexibility index (Phi) is 2.89. The molecule has 0 radical (unpaired) electrons. The number of aliphatic carboxylic acids is 1. The Morgan fingerprint density at radius 3 is 2.81 bits per heavy atom. The topological polar surface area (TPSA) is 76.2 Å². The molecule has 2 rings (SSSR count). The molecule has 0 saturated carbocycles. The van der Waals surface area contributed by atoms with E-state index in [0.717, 1.165) is 10.9 Å². The molecule has 0 amide bonds. The summed E-state index contributed by atoms with van der Waals surface area (Å²) in [5.41, 5.74) is 6.84. The van der Waals surface area contributed by atoms with E-state index >= 15 is 0 Å². The van der Waals surface area contributed by atoms with Gasteiger partial charge < -0.3 is 10.8 Å². The van der Waals surface area contributed by atoms with Gasteiger partial charge in [0.2, 0.25) is 0 Å². The molecule has 0 aliphatic heterocycles. The molecular weight excluding hydrogens is 272 g/mol. The number of benzene rings is 1. The lowest BCUT2D eigenvalue weighted by Gasteiger charge is -2.09. The van der Waals surface area contributed by atoms with Crippen LogP contribution in [0.15, 0.2) is 34.9 Å². The first-order valence-electron chi connectivity index (χ1n) is 4.63. The zero-order chi connectivity index (χ0) is 11.7. The lowest BCUT2D eigenvalue weighted by Crippen LogP contribution is -2.21. The van der Waals surface area contributed by atoms with Crippen LogP contribution in [-0.2, 0) is 4.79 Å². The van der Waals surface area contributed by atoms with E-state index in [0.29, 0.717) is 10.2 Å². The Balaban J connectivity index is 2.62. The molecule has 0 aliphatic rings. The Bertz CT molecular complexity index is 557. The molecule has 16 heavy (non-hydrogen) atoms. The predicted molar refractivity (Wildman–Crippen MR) is 64.0 cm³/mol. The summed E-state index contributed by atoms with van der Waals surface area (Å²) in [6.07, 6.45) is 0. The minimum absolute atomic E-state index is 0.473. The highest BCUT2D eigenvalue weighted by Gasteiger charge is 2.18. The van der Waals surface area contributed by atoms with Crippen molar-refractivity contribution in [2.45, 2.75) is 6.04 Å². The first kappa shape index (κ1) is 11.0. The van der Waals surface area contributed by atoms with Crippen molar-refractivity contribution >= 4 is 32.8 Å². The van der Waals surface area contributed by atoms with Crippen molar-refractivity contribution < 1.29 is 9.90 Å². The van der Waals surface area contributed by atoms with Gasteiger partial charge in [0.05, 0.1) is 5.52 Å². The van der Waals surface area contributed by atoms with E-state index in [9.17, 15) is 4.79 Å². The number of halogens is 1. The van der Waals surface area contributed by atoms with Gasteiger partial charge in [-0.25, -0.2) is 4.98 Å². The van der Waals surface area contributed by atoms with Crippen LogP contribution in [0.3, 0.4) is 0 Å². The van der Waals surface area contributed by atoms with Crippen molar-refractivity contribution in [3.63, 3.8) is 0 Å². The Morgan fingerprint density at radius 1 is 1.44 bits per heavy atom. The quantitative estimate of drug-likeness (QED) is 0.826. The second-order valence-corrected chi connectivity index (χ2v) is 4.13. The van der Waals surface area contributed by atoms with Crippen molar-refractivity contribution in [1.29, 1.82) is 0 Å². The van der Waals surface area contributed by atoms with Crippen molar-refractivity contribution in [2.75, 3.05) is 0 Å². The van der Waals surface area contributed by atoms with E-state index in [1.54, 1.807) is 6.07 Å². The molecule has 1 atom stereocenters. The fourth-order valence-corrected chi connectivity index (χ4v) is 2.01. The van der Waals surface area contributed by atoms with Gasteiger partial charge in [0.15, 0.2) is 0 Å². The van der Waals surface area contributed by atoms with Crippen molar-refractivity contribution in [3.8, 4) is 0 Å². The maximum absolute atomic E-state index is 10.8. The molecule has 2 aromatic rings. The van der Waals surface area contributed by atoms with E-state index in [4.69, 9.17) is 10.8 Å². The molecule has 1 heterocycles. The minimum atomic E-state index is -1.07. The summed E-state index contributed by atoms with van der Waals surface area (Å²) in [7, 11) is 0. The van der Waals surface area contributed by atoms with Crippen LogP contribution >= 0.6 is 15.9 Å². The van der Waals surface area contributed by atoms with Gasteiger partial charge in [-0.3, -0.25) is 4.79 Å². The maximum Gasteiger partial charge on any atom is 0.325 e. The van der Waals surface area contributed by atoms with Crippen molar-refractivity contribution in [3.05, 3.63) is 40.5 Å². The van der Waals surface area contributed by atoms with Gasteiger partial charge in [-0.2, -0.15) is 0 Å². The van der Waals surface area contributed by atoms with Crippen molar-refractivity contribution in [1.82, 2.24) is 4.98 Å². The van der Waals surface area contributed by atoms with Gasteiger partial charge in [0.25, 0.3) is 0 Å². The molecule has 1 aromatic heterocycles. The molecule has 0 aliphatic carbocycles. The van der Waals surface area contributed by atoms with E-state index < -0.39 is 12.0 Å². The van der Waals surface area contributed by atoms with Crippen LogP contribution < -0.4 is 5.73 Å². The number of carbonyl (C=O) groups is 1. The van der Waals surface area contributed by atoms with Gasteiger partial charge in [-0.1, -0.05) is 18.2 Å². The Hall–Kier alpha value is -1.46. The fourth-order valence-electron chi connectivity index (χ4n) is 1.46. The molecule has 82 valence electrons. The summed E-state index contributed by atoms with van der Waals surface area (Å²) in [5.74, 6) is -1.07. The number of nitrogens with two attached hydrogens (primary N) is 1. The van der Waals surface area contributed by atoms with E-state index in [2.05, 4.69) is 20.9 Å².